The molecule has 0 aliphatic rings. The van der Waals surface area contributed by atoms with Gasteiger partial charge >= 0.3 is 0 Å². The van der Waals surface area contributed by atoms with Gasteiger partial charge < -0.3 is 9.88 Å². The van der Waals surface area contributed by atoms with Crippen LogP contribution in [0.5, 0.6) is 0 Å². The molecule has 2 heterocycles. The Morgan fingerprint density at radius 1 is 1.33 bits per heavy atom. The van der Waals surface area contributed by atoms with Crippen LogP contribution >= 0.6 is 23.1 Å². The number of imidazole rings is 1. The van der Waals surface area contributed by atoms with Gasteiger partial charge in [-0.25, -0.2) is 9.97 Å². The van der Waals surface area contributed by atoms with Crippen LogP contribution in [0.15, 0.2) is 42.7 Å². The summed E-state index contributed by atoms with van der Waals surface area (Å²) in [5, 5.41) is 3.50. The maximum absolute atomic E-state index is 12.1. The number of thioether (sulfide) groups is 1. The quantitative estimate of drug-likeness (QED) is 0.729. The third-order valence-electron chi connectivity index (χ3n) is 3.41. The monoisotopic (exact) mass is 358 g/mol. The number of hydrogen-bond donors (Lipinski definition) is 1. The Balaban J connectivity index is 1.56. The van der Waals surface area contributed by atoms with Gasteiger partial charge in [0, 0.05) is 25.2 Å². The highest BCUT2D eigenvalue weighted by Gasteiger charge is 2.14. The predicted octanol–water partition coefficient (Wildman–Crippen LogP) is 3.72. The Morgan fingerprint density at radius 2 is 2.12 bits per heavy atom. The molecular formula is C17H18N4OS2. The molecule has 24 heavy (non-hydrogen) atoms. The molecule has 124 valence electrons. The first-order valence-electron chi connectivity index (χ1n) is 7.50. The lowest BCUT2D eigenvalue weighted by atomic mass is 10.2. The van der Waals surface area contributed by atoms with Crippen molar-refractivity contribution in [2.45, 2.75) is 12.7 Å². The number of anilines is 1. The minimum absolute atomic E-state index is 0.0314. The summed E-state index contributed by atoms with van der Waals surface area (Å²) in [5.74, 6) is 2.06. The van der Waals surface area contributed by atoms with Crippen LogP contribution in [0, 0.1) is 6.92 Å². The number of nitrogens with one attached hydrogen (secondary N) is 1. The number of aromatic nitrogens is 3. The Hall–Kier alpha value is -2.12. The van der Waals surface area contributed by atoms with Gasteiger partial charge in [-0.15, -0.1) is 11.8 Å². The molecule has 5 nitrogen and oxygen atoms in total. The molecule has 0 unspecified atom stereocenters. The zero-order chi connectivity index (χ0) is 16.9. The number of carbonyl (C=O) groups is 1. The second-order valence-corrected chi connectivity index (χ2v) is 7.31. The molecule has 0 fully saturated rings. The summed E-state index contributed by atoms with van der Waals surface area (Å²) >= 11 is 3.05. The number of benzene rings is 1. The van der Waals surface area contributed by atoms with E-state index in [2.05, 4.69) is 27.4 Å². The fraction of sp³-hybridized carbons (Fsp3) is 0.235. The summed E-state index contributed by atoms with van der Waals surface area (Å²) < 4.78 is 1.95. The molecule has 0 bridgehead atoms. The average Bonchev–Trinajstić information content (AvgIpc) is 3.13. The largest absolute Gasteiger partial charge is 0.333 e. The molecule has 1 N–H and O–H groups in total. The number of nitrogens with zero attached hydrogens (tertiary/aromatic N) is 3. The van der Waals surface area contributed by atoms with Gasteiger partial charge in [0.05, 0.1) is 16.3 Å². The third kappa shape index (κ3) is 4.04. The summed E-state index contributed by atoms with van der Waals surface area (Å²) in [6.45, 7) is 1.93. The number of rotatable bonds is 6. The molecule has 0 radical (unpaired) electrons. The van der Waals surface area contributed by atoms with E-state index in [1.54, 1.807) is 18.0 Å². The second-order valence-electron chi connectivity index (χ2n) is 5.32. The van der Waals surface area contributed by atoms with Crippen LogP contribution in [0.4, 0.5) is 5.13 Å². The molecule has 7 heteroatoms. The van der Waals surface area contributed by atoms with E-state index in [9.17, 15) is 4.79 Å². The molecule has 3 rings (SSSR count). The smallest absolute Gasteiger partial charge is 0.236 e. The van der Waals surface area contributed by atoms with E-state index in [1.165, 1.54) is 16.9 Å². The highest BCUT2D eigenvalue weighted by molar-refractivity contribution is 7.99. The third-order valence-corrected chi connectivity index (χ3v) is 5.48. The number of amides is 1. The lowest BCUT2D eigenvalue weighted by Crippen LogP contribution is -2.13. The van der Waals surface area contributed by atoms with Crippen molar-refractivity contribution in [3.8, 4) is 10.7 Å². The van der Waals surface area contributed by atoms with Gasteiger partial charge in [0.25, 0.3) is 0 Å². The van der Waals surface area contributed by atoms with Crippen LogP contribution in [0.3, 0.4) is 0 Å². The number of carbonyl (C=O) groups excluding carboxylic acids is 1. The topological polar surface area (TPSA) is 59.8 Å². The molecule has 0 saturated heterocycles. The molecule has 0 aliphatic carbocycles. The summed E-state index contributed by atoms with van der Waals surface area (Å²) in [6.07, 6.45) is 3.65. The van der Waals surface area contributed by atoms with Crippen LogP contribution in [-0.2, 0) is 17.6 Å². The van der Waals surface area contributed by atoms with E-state index in [-0.39, 0.29) is 5.91 Å². The van der Waals surface area contributed by atoms with Gasteiger partial charge in [0.2, 0.25) is 5.91 Å². The van der Waals surface area contributed by atoms with Gasteiger partial charge in [-0.3, -0.25) is 4.79 Å². The zero-order valence-electron chi connectivity index (χ0n) is 13.5. The maximum Gasteiger partial charge on any atom is 0.236 e. The highest BCUT2D eigenvalue weighted by Crippen LogP contribution is 2.31. The van der Waals surface area contributed by atoms with Crippen molar-refractivity contribution < 1.29 is 4.79 Å². The van der Waals surface area contributed by atoms with Gasteiger partial charge in [-0.2, -0.15) is 0 Å². The van der Waals surface area contributed by atoms with Gasteiger partial charge in [-0.05, 0) is 12.5 Å². The Morgan fingerprint density at radius 3 is 2.83 bits per heavy atom. The van der Waals surface area contributed by atoms with Crippen LogP contribution in [-0.4, -0.2) is 26.2 Å². The Kier molecular flexibility index (Phi) is 5.32. The van der Waals surface area contributed by atoms with Crippen molar-refractivity contribution in [3.05, 3.63) is 54.0 Å². The fourth-order valence-electron chi connectivity index (χ4n) is 2.23. The van der Waals surface area contributed by atoms with E-state index < -0.39 is 0 Å². The van der Waals surface area contributed by atoms with Crippen molar-refractivity contribution in [1.82, 2.24) is 14.5 Å². The summed E-state index contributed by atoms with van der Waals surface area (Å²) in [5.41, 5.74) is 2.10. The molecule has 2 aromatic heterocycles. The summed E-state index contributed by atoms with van der Waals surface area (Å²) in [6, 6.07) is 10.1. The number of thiazole rings is 1. The number of aryl methyl sites for hydroxylation is 2. The average molecular weight is 358 g/mol. The molecule has 1 amide bonds. The number of hydrogen-bond acceptors (Lipinski definition) is 5. The molecule has 0 aliphatic heterocycles. The first-order chi connectivity index (χ1) is 11.6. The zero-order valence-corrected chi connectivity index (χ0v) is 15.2. The normalized spacial score (nSPS) is 10.8. The van der Waals surface area contributed by atoms with E-state index >= 15 is 0 Å². The van der Waals surface area contributed by atoms with Crippen molar-refractivity contribution in [1.29, 1.82) is 0 Å². The second kappa shape index (κ2) is 7.63. The fourth-order valence-corrected chi connectivity index (χ4v) is 4.04. The SMILES string of the molecule is Cc1nc(NC(=O)CSCc2ccccc2)sc1-c1nccn1C. The molecule has 0 saturated carbocycles. The van der Waals surface area contributed by atoms with Crippen molar-refractivity contribution >= 4 is 34.1 Å². The van der Waals surface area contributed by atoms with E-state index in [0.717, 1.165) is 22.1 Å². The Labute approximate surface area is 149 Å². The summed E-state index contributed by atoms with van der Waals surface area (Å²) in [4.78, 5) is 21.8. The Bertz CT molecular complexity index is 826. The summed E-state index contributed by atoms with van der Waals surface area (Å²) in [7, 11) is 1.94. The van der Waals surface area contributed by atoms with Crippen LogP contribution in [0.1, 0.15) is 11.3 Å². The molecule has 0 atom stereocenters. The molecular weight excluding hydrogens is 340 g/mol. The minimum Gasteiger partial charge on any atom is -0.333 e. The van der Waals surface area contributed by atoms with Crippen molar-refractivity contribution in [2.75, 3.05) is 11.1 Å². The lowest BCUT2D eigenvalue weighted by Gasteiger charge is -2.02. The van der Waals surface area contributed by atoms with Crippen LogP contribution < -0.4 is 5.32 Å². The molecule has 1 aromatic carbocycles. The van der Waals surface area contributed by atoms with Gasteiger partial charge in [-0.1, -0.05) is 41.7 Å². The van der Waals surface area contributed by atoms with Crippen molar-refractivity contribution in [2.24, 2.45) is 7.05 Å². The van der Waals surface area contributed by atoms with Gasteiger partial charge in [0.1, 0.15) is 0 Å². The van der Waals surface area contributed by atoms with E-state index in [0.29, 0.717) is 10.9 Å². The van der Waals surface area contributed by atoms with E-state index in [1.807, 2.05) is 42.9 Å². The maximum atomic E-state index is 12.1. The highest BCUT2D eigenvalue weighted by atomic mass is 32.2. The van der Waals surface area contributed by atoms with E-state index in [4.69, 9.17) is 0 Å². The van der Waals surface area contributed by atoms with Gasteiger partial charge in [0.15, 0.2) is 11.0 Å². The van der Waals surface area contributed by atoms with Crippen LogP contribution in [0.2, 0.25) is 0 Å². The molecule has 3 aromatic rings. The van der Waals surface area contributed by atoms with Crippen LogP contribution in [0.25, 0.3) is 10.7 Å². The lowest BCUT2D eigenvalue weighted by molar-refractivity contribution is -0.113. The standard InChI is InChI=1S/C17H18N4OS2/c1-12-15(16-18-8-9-21(16)2)24-17(19-12)20-14(22)11-23-10-13-6-4-3-5-7-13/h3-9H,10-11H2,1-2H3,(H,19,20,22). The molecule has 0 spiro atoms. The first-order valence-corrected chi connectivity index (χ1v) is 9.47. The predicted molar refractivity (Wildman–Crippen MR) is 100 cm³/mol. The van der Waals surface area contributed by atoms with Crippen molar-refractivity contribution in [3.63, 3.8) is 0 Å². The minimum atomic E-state index is -0.0314. The first kappa shape index (κ1) is 16.7.